The van der Waals surface area contributed by atoms with E-state index in [1.54, 1.807) is 0 Å². The van der Waals surface area contributed by atoms with Gasteiger partial charge in [-0.25, -0.2) is 4.98 Å². The van der Waals surface area contributed by atoms with Gasteiger partial charge < -0.3 is 4.42 Å². The first-order chi connectivity index (χ1) is 24.8. The highest BCUT2D eigenvalue weighted by Crippen LogP contribution is 2.38. The van der Waals surface area contributed by atoms with Crippen LogP contribution in [-0.2, 0) is 0 Å². The fourth-order valence-electron chi connectivity index (χ4n) is 7.01. The summed E-state index contributed by atoms with van der Waals surface area (Å²) in [5.74, 6) is 1.78. The quantitative estimate of drug-likeness (QED) is 0.188. The van der Waals surface area contributed by atoms with Gasteiger partial charge in [0.2, 0.25) is 5.95 Å². The summed E-state index contributed by atoms with van der Waals surface area (Å²) in [4.78, 5) is 15.5. The molecule has 3 heterocycles. The first-order valence-corrected chi connectivity index (χ1v) is 16.7. The van der Waals surface area contributed by atoms with E-state index < -0.39 is 0 Å². The van der Waals surface area contributed by atoms with E-state index in [-0.39, 0.29) is 0 Å². The van der Waals surface area contributed by atoms with E-state index in [9.17, 15) is 0 Å². The number of benzene rings is 7. The Kier molecular flexibility index (Phi) is 6.42. The van der Waals surface area contributed by atoms with Gasteiger partial charge in [-0.1, -0.05) is 146 Å². The molecule has 3 aromatic heterocycles. The van der Waals surface area contributed by atoms with Crippen molar-refractivity contribution in [1.82, 2.24) is 19.5 Å². The predicted molar refractivity (Wildman–Crippen MR) is 203 cm³/mol. The summed E-state index contributed by atoms with van der Waals surface area (Å²) < 4.78 is 8.47. The molecular formula is C45H28N4O. The van der Waals surface area contributed by atoms with Gasteiger partial charge in [0.15, 0.2) is 11.6 Å². The van der Waals surface area contributed by atoms with Crippen LogP contribution >= 0.6 is 0 Å². The highest BCUT2D eigenvalue weighted by molar-refractivity contribution is 6.17. The topological polar surface area (TPSA) is 56.7 Å². The van der Waals surface area contributed by atoms with Gasteiger partial charge in [0.1, 0.15) is 11.2 Å². The Hall–Kier alpha value is -6.85. The van der Waals surface area contributed by atoms with E-state index in [1.165, 1.54) is 0 Å². The van der Waals surface area contributed by atoms with Crippen LogP contribution in [0.3, 0.4) is 0 Å². The first-order valence-electron chi connectivity index (χ1n) is 16.7. The maximum Gasteiger partial charge on any atom is 0.238 e. The number of para-hydroxylation sites is 2. The standard InChI is InChI=1S/C45H28N4O/c1-3-11-29(12-4-1)31-19-23-33(24-20-31)43-46-44(34-25-21-32(22-26-34)30-13-5-2-6-14-30)48-45(47-43)49-39-17-9-7-15-35(39)37-28-42-38(27-40(37)49)36-16-8-10-18-41(36)50-42/h1-28H. The van der Waals surface area contributed by atoms with Crippen LogP contribution in [0.4, 0.5) is 0 Å². The molecule has 0 saturated carbocycles. The molecule has 0 aliphatic rings. The SMILES string of the molecule is c1ccc(-c2ccc(-c3nc(-c4ccc(-c5ccccc5)cc4)nc(-n4c5ccccc5c5cc6oc7ccccc7c6cc54)n3)cc2)cc1. The zero-order valence-electron chi connectivity index (χ0n) is 26.9. The van der Waals surface area contributed by atoms with E-state index in [0.717, 1.165) is 77.1 Å². The molecule has 10 rings (SSSR count). The van der Waals surface area contributed by atoms with Crippen molar-refractivity contribution in [2.45, 2.75) is 0 Å². The minimum atomic E-state index is 0.558. The third-order valence-corrected chi connectivity index (χ3v) is 9.50. The molecule has 5 heteroatoms. The number of hydrogen-bond donors (Lipinski definition) is 0. The third kappa shape index (κ3) is 4.67. The smallest absolute Gasteiger partial charge is 0.238 e. The molecule has 0 radical (unpaired) electrons. The lowest BCUT2D eigenvalue weighted by Gasteiger charge is -2.12. The number of furan rings is 1. The molecule has 0 saturated heterocycles. The Bertz CT molecular complexity index is 2740. The summed E-state index contributed by atoms with van der Waals surface area (Å²) in [5.41, 5.74) is 10.2. The van der Waals surface area contributed by atoms with Gasteiger partial charge in [0, 0.05) is 32.7 Å². The number of nitrogens with zero attached hydrogens (tertiary/aromatic N) is 4. The highest BCUT2D eigenvalue weighted by atomic mass is 16.3. The average molecular weight is 641 g/mol. The second-order valence-corrected chi connectivity index (χ2v) is 12.5. The lowest BCUT2D eigenvalue weighted by molar-refractivity contribution is 0.669. The molecule has 0 unspecified atom stereocenters. The van der Waals surface area contributed by atoms with Crippen molar-refractivity contribution in [2.75, 3.05) is 0 Å². The molecule has 0 aliphatic carbocycles. The second-order valence-electron chi connectivity index (χ2n) is 12.5. The molecule has 0 aliphatic heterocycles. The van der Waals surface area contributed by atoms with E-state index in [4.69, 9.17) is 19.4 Å². The van der Waals surface area contributed by atoms with Crippen molar-refractivity contribution in [3.63, 3.8) is 0 Å². The van der Waals surface area contributed by atoms with Crippen molar-refractivity contribution in [1.29, 1.82) is 0 Å². The van der Waals surface area contributed by atoms with Crippen LogP contribution in [0.15, 0.2) is 174 Å². The molecule has 0 N–H and O–H groups in total. The summed E-state index contributed by atoms with van der Waals surface area (Å²) in [6.07, 6.45) is 0. The van der Waals surface area contributed by atoms with Gasteiger partial charge in [-0.05, 0) is 46.5 Å². The minimum absolute atomic E-state index is 0.558. The van der Waals surface area contributed by atoms with Gasteiger partial charge in [-0.15, -0.1) is 0 Å². The van der Waals surface area contributed by atoms with Crippen LogP contribution in [0.5, 0.6) is 0 Å². The minimum Gasteiger partial charge on any atom is -0.456 e. The summed E-state index contributed by atoms with van der Waals surface area (Å²) in [6, 6.07) is 58.6. The Labute approximate surface area is 287 Å². The Morgan fingerprint density at radius 1 is 0.340 bits per heavy atom. The van der Waals surface area contributed by atoms with Crippen LogP contribution < -0.4 is 0 Å². The zero-order valence-corrected chi connectivity index (χ0v) is 26.9. The van der Waals surface area contributed by atoms with E-state index in [2.05, 4.69) is 144 Å². The summed E-state index contributed by atoms with van der Waals surface area (Å²) in [7, 11) is 0. The first kappa shape index (κ1) is 28.2. The van der Waals surface area contributed by atoms with Gasteiger partial charge in [0.25, 0.3) is 0 Å². The van der Waals surface area contributed by atoms with E-state index >= 15 is 0 Å². The maximum atomic E-state index is 6.31. The summed E-state index contributed by atoms with van der Waals surface area (Å²) >= 11 is 0. The molecule has 10 aromatic rings. The van der Waals surface area contributed by atoms with Gasteiger partial charge in [0.05, 0.1) is 11.0 Å². The van der Waals surface area contributed by atoms with Crippen molar-refractivity contribution in [3.8, 4) is 51.0 Å². The fourth-order valence-corrected chi connectivity index (χ4v) is 7.01. The second kappa shape index (κ2) is 11.4. The monoisotopic (exact) mass is 640 g/mol. The largest absolute Gasteiger partial charge is 0.456 e. The van der Waals surface area contributed by atoms with Gasteiger partial charge in [-0.2, -0.15) is 9.97 Å². The summed E-state index contributed by atoms with van der Waals surface area (Å²) in [5, 5.41) is 4.32. The highest BCUT2D eigenvalue weighted by Gasteiger charge is 2.20. The molecule has 0 spiro atoms. The molecule has 234 valence electrons. The lowest BCUT2D eigenvalue weighted by atomic mass is 10.0. The molecule has 7 aromatic carbocycles. The van der Waals surface area contributed by atoms with Crippen LogP contribution in [0.1, 0.15) is 0 Å². The average Bonchev–Trinajstić information content (AvgIpc) is 3.72. The third-order valence-electron chi connectivity index (χ3n) is 9.50. The molecule has 0 amide bonds. The summed E-state index contributed by atoms with van der Waals surface area (Å²) in [6.45, 7) is 0. The molecule has 0 fully saturated rings. The van der Waals surface area contributed by atoms with E-state index in [1.807, 2.05) is 30.3 Å². The van der Waals surface area contributed by atoms with Crippen LogP contribution in [0.25, 0.3) is 94.7 Å². The predicted octanol–water partition coefficient (Wildman–Crippen LogP) is 11.5. The number of hydrogen-bond acceptors (Lipinski definition) is 4. The normalized spacial score (nSPS) is 11.6. The van der Waals surface area contributed by atoms with Crippen molar-refractivity contribution in [2.24, 2.45) is 0 Å². The number of rotatable bonds is 5. The molecule has 5 nitrogen and oxygen atoms in total. The maximum absolute atomic E-state index is 6.31. The Morgan fingerprint density at radius 3 is 1.46 bits per heavy atom. The Balaban J connectivity index is 1.20. The molecule has 0 bridgehead atoms. The van der Waals surface area contributed by atoms with Gasteiger partial charge >= 0.3 is 0 Å². The van der Waals surface area contributed by atoms with Crippen LogP contribution in [0, 0.1) is 0 Å². The van der Waals surface area contributed by atoms with Crippen LogP contribution in [-0.4, -0.2) is 19.5 Å². The fraction of sp³-hybridized carbons (Fsp3) is 0. The molecular weight excluding hydrogens is 613 g/mol. The molecule has 0 atom stereocenters. The number of fused-ring (bicyclic) bond motifs is 6. The van der Waals surface area contributed by atoms with Crippen molar-refractivity contribution >= 4 is 43.7 Å². The van der Waals surface area contributed by atoms with Crippen LogP contribution in [0.2, 0.25) is 0 Å². The van der Waals surface area contributed by atoms with E-state index in [0.29, 0.717) is 17.6 Å². The Morgan fingerprint density at radius 2 is 0.840 bits per heavy atom. The van der Waals surface area contributed by atoms with Crippen molar-refractivity contribution < 1.29 is 4.42 Å². The number of aromatic nitrogens is 4. The van der Waals surface area contributed by atoms with Crippen molar-refractivity contribution in [3.05, 3.63) is 170 Å². The zero-order chi connectivity index (χ0) is 33.0. The van der Waals surface area contributed by atoms with Gasteiger partial charge in [-0.3, -0.25) is 4.57 Å². The lowest BCUT2D eigenvalue weighted by Crippen LogP contribution is -2.06. The molecule has 50 heavy (non-hydrogen) atoms.